The zero-order chi connectivity index (χ0) is 30.3. The molecule has 1 aliphatic heterocycles. The van der Waals surface area contributed by atoms with Crippen molar-refractivity contribution in [1.82, 2.24) is 5.32 Å². The minimum atomic E-state index is 0.0237. The summed E-state index contributed by atoms with van der Waals surface area (Å²) in [6, 6.07) is 24.4. The Hall–Kier alpha value is -3.43. The van der Waals surface area contributed by atoms with Crippen LogP contribution in [-0.4, -0.2) is 65.7 Å². The molecule has 8 nitrogen and oxygen atoms in total. The van der Waals surface area contributed by atoms with Gasteiger partial charge >= 0.3 is 0 Å². The molecule has 1 fully saturated rings. The van der Waals surface area contributed by atoms with Crippen molar-refractivity contribution in [1.29, 1.82) is 0 Å². The fourth-order valence-electron chi connectivity index (χ4n) is 5.41. The van der Waals surface area contributed by atoms with E-state index < -0.39 is 0 Å². The number of rotatable bonds is 17. The van der Waals surface area contributed by atoms with E-state index in [2.05, 4.69) is 29.6 Å². The highest BCUT2D eigenvalue weighted by atomic mass is 16.5. The Morgan fingerprint density at radius 2 is 1.77 bits per heavy atom. The number of nitrogens with zero attached hydrogens (tertiary/aromatic N) is 1. The number of methoxy groups -OCH3 is 2. The summed E-state index contributed by atoms with van der Waals surface area (Å²) in [5, 5.41) is 3.48. The van der Waals surface area contributed by atoms with E-state index in [1.807, 2.05) is 48.5 Å². The average molecular weight is 591 g/mol. The second-order valence-corrected chi connectivity index (χ2v) is 10.8. The third-order valence-corrected chi connectivity index (χ3v) is 7.68. The van der Waals surface area contributed by atoms with Crippen molar-refractivity contribution in [3.63, 3.8) is 0 Å². The molecule has 43 heavy (non-hydrogen) atoms. The Morgan fingerprint density at radius 1 is 0.930 bits per heavy atom. The van der Waals surface area contributed by atoms with Gasteiger partial charge in [0.25, 0.3) is 0 Å². The van der Waals surface area contributed by atoms with Gasteiger partial charge in [0, 0.05) is 57.3 Å². The van der Waals surface area contributed by atoms with Gasteiger partial charge < -0.3 is 33.9 Å². The lowest BCUT2D eigenvalue weighted by Crippen LogP contribution is -2.41. The normalized spacial score (nSPS) is 16.5. The van der Waals surface area contributed by atoms with E-state index in [0.717, 1.165) is 60.7 Å². The number of amides is 1. The third kappa shape index (κ3) is 10.1. The Labute approximate surface area is 256 Å². The summed E-state index contributed by atoms with van der Waals surface area (Å²) >= 11 is 0. The zero-order valence-corrected chi connectivity index (χ0v) is 25.8. The standard InChI is InChI=1S/C35H46N2O6/c1-27(38)37(19-7-20-39-2)31-11-6-9-28(23-31)25-43-35-24-36-18-17-33(35)29-13-15-32(16-14-29)42-22-8-21-41-26-30-10-4-5-12-34(30)40-3/h4-6,9-16,23,33,35-36H,7-8,17-22,24-26H2,1-3H3/t33-,35+/m1/s1. The molecule has 1 amide bonds. The molecular formula is C35H46N2O6. The molecule has 4 rings (SSSR count). The van der Waals surface area contributed by atoms with Crippen molar-refractivity contribution in [2.45, 2.75) is 51.4 Å². The van der Waals surface area contributed by atoms with Crippen LogP contribution in [0.1, 0.15) is 48.8 Å². The van der Waals surface area contributed by atoms with Crippen LogP contribution in [0.15, 0.2) is 72.8 Å². The summed E-state index contributed by atoms with van der Waals surface area (Å²) in [4.78, 5) is 14.1. The van der Waals surface area contributed by atoms with Crippen LogP contribution in [0.4, 0.5) is 5.69 Å². The molecule has 232 valence electrons. The average Bonchev–Trinajstić information content (AvgIpc) is 3.04. The van der Waals surface area contributed by atoms with E-state index in [1.54, 1.807) is 26.0 Å². The van der Waals surface area contributed by atoms with Crippen LogP contribution in [0.25, 0.3) is 0 Å². The summed E-state index contributed by atoms with van der Waals surface area (Å²) in [7, 11) is 3.35. The minimum Gasteiger partial charge on any atom is -0.496 e. The van der Waals surface area contributed by atoms with Crippen LogP contribution < -0.4 is 19.7 Å². The van der Waals surface area contributed by atoms with Gasteiger partial charge in [-0.15, -0.1) is 0 Å². The summed E-state index contributed by atoms with van der Waals surface area (Å²) < 4.78 is 28.8. The maximum absolute atomic E-state index is 12.3. The number of carbonyl (C=O) groups is 1. The molecule has 0 radical (unpaired) electrons. The fourth-order valence-corrected chi connectivity index (χ4v) is 5.41. The number of anilines is 1. The molecule has 0 spiro atoms. The fraction of sp³-hybridized carbons (Fsp3) is 0.457. The molecular weight excluding hydrogens is 544 g/mol. The maximum Gasteiger partial charge on any atom is 0.223 e. The molecule has 3 aromatic carbocycles. The first-order chi connectivity index (χ1) is 21.1. The number of hydrogen-bond acceptors (Lipinski definition) is 7. The third-order valence-electron chi connectivity index (χ3n) is 7.68. The Morgan fingerprint density at radius 3 is 2.56 bits per heavy atom. The lowest BCUT2D eigenvalue weighted by Gasteiger charge is -2.32. The van der Waals surface area contributed by atoms with Crippen LogP contribution >= 0.6 is 0 Å². The highest BCUT2D eigenvalue weighted by Crippen LogP contribution is 2.30. The van der Waals surface area contributed by atoms with Crippen molar-refractivity contribution >= 4 is 11.6 Å². The van der Waals surface area contributed by atoms with Crippen molar-refractivity contribution in [3.8, 4) is 11.5 Å². The van der Waals surface area contributed by atoms with E-state index in [9.17, 15) is 4.79 Å². The summed E-state index contributed by atoms with van der Waals surface area (Å²) in [5.41, 5.74) is 4.24. The number of piperidine rings is 1. The van der Waals surface area contributed by atoms with Crippen LogP contribution in [0.3, 0.4) is 0 Å². The molecule has 0 aromatic heterocycles. The Kier molecular flexibility index (Phi) is 13.3. The number of carbonyl (C=O) groups excluding carboxylic acids is 1. The second kappa shape index (κ2) is 17.6. The molecule has 8 heteroatoms. The topological polar surface area (TPSA) is 78.5 Å². The molecule has 0 unspecified atom stereocenters. The molecule has 0 saturated carbocycles. The van der Waals surface area contributed by atoms with Crippen LogP contribution in [0.5, 0.6) is 11.5 Å². The van der Waals surface area contributed by atoms with E-state index in [0.29, 0.717) is 45.5 Å². The minimum absolute atomic E-state index is 0.0237. The summed E-state index contributed by atoms with van der Waals surface area (Å²) in [6.45, 7) is 6.83. The number of benzene rings is 3. The molecule has 1 saturated heterocycles. The van der Waals surface area contributed by atoms with Crippen molar-refractivity contribution < 1.29 is 28.5 Å². The molecule has 1 aliphatic rings. The number of ether oxygens (including phenoxy) is 5. The first-order valence-electron chi connectivity index (χ1n) is 15.2. The highest BCUT2D eigenvalue weighted by Gasteiger charge is 2.27. The van der Waals surface area contributed by atoms with E-state index in [1.165, 1.54) is 5.56 Å². The van der Waals surface area contributed by atoms with Crippen LogP contribution in [0.2, 0.25) is 0 Å². The number of hydrogen-bond donors (Lipinski definition) is 1. The van der Waals surface area contributed by atoms with E-state index in [4.69, 9.17) is 23.7 Å². The zero-order valence-electron chi connectivity index (χ0n) is 25.8. The quantitative estimate of drug-likeness (QED) is 0.201. The molecule has 2 atom stereocenters. The van der Waals surface area contributed by atoms with Gasteiger partial charge in [-0.3, -0.25) is 4.79 Å². The lowest BCUT2D eigenvalue weighted by atomic mass is 9.87. The lowest BCUT2D eigenvalue weighted by molar-refractivity contribution is -0.116. The van der Waals surface area contributed by atoms with Gasteiger partial charge in [0.05, 0.1) is 39.6 Å². The molecule has 0 aliphatic carbocycles. The Bertz CT molecular complexity index is 1250. The monoisotopic (exact) mass is 590 g/mol. The van der Waals surface area contributed by atoms with Crippen LogP contribution in [0, 0.1) is 0 Å². The summed E-state index contributed by atoms with van der Waals surface area (Å²) in [6.07, 6.45) is 2.65. The maximum atomic E-state index is 12.3. The Balaban J connectivity index is 1.24. The summed E-state index contributed by atoms with van der Waals surface area (Å²) in [5.74, 6) is 2.03. The van der Waals surface area contributed by atoms with Gasteiger partial charge in [0.15, 0.2) is 0 Å². The van der Waals surface area contributed by atoms with Crippen molar-refractivity contribution in [3.05, 3.63) is 89.5 Å². The number of nitrogens with one attached hydrogen (secondary N) is 1. The first kappa shape index (κ1) is 32.5. The highest BCUT2D eigenvalue weighted by molar-refractivity contribution is 5.91. The molecule has 1 N–H and O–H groups in total. The molecule has 1 heterocycles. The SMILES string of the molecule is COCCCN(C(C)=O)c1cccc(CO[C@H]2CNCC[C@@H]2c2ccc(OCCCOCc3ccccc3OC)cc2)c1. The van der Waals surface area contributed by atoms with Crippen molar-refractivity contribution in [2.24, 2.45) is 0 Å². The first-order valence-corrected chi connectivity index (χ1v) is 15.2. The molecule has 3 aromatic rings. The second-order valence-electron chi connectivity index (χ2n) is 10.8. The van der Waals surface area contributed by atoms with Crippen molar-refractivity contribution in [2.75, 3.05) is 58.6 Å². The van der Waals surface area contributed by atoms with Gasteiger partial charge in [-0.1, -0.05) is 42.5 Å². The predicted octanol–water partition coefficient (Wildman–Crippen LogP) is 5.73. The predicted molar refractivity (Wildman–Crippen MR) is 169 cm³/mol. The van der Waals surface area contributed by atoms with E-state index in [-0.39, 0.29) is 12.0 Å². The largest absolute Gasteiger partial charge is 0.496 e. The van der Waals surface area contributed by atoms with Crippen LogP contribution in [-0.2, 0) is 32.2 Å². The smallest absolute Gasteiger partial charge is 0.223 e. The number of para-hydroxylation sites is 1. The van der Waals surface area contributed by atoms with Gasteiger partial charge in [-0.05, 0) is 60.8 Å². The van der Waals surface area contributed by atoms with E-state index >= 15 is 0 Å². The molecule has 0 bridgehead atoms. The van der Waals surface area contributed by atoms with Gasteiger partial charge in [0.1, 0.15) is 11.5 Å². The van der Waals surface area contributed by atoms with Gasteiger partial charge in [0.2, 0.25) is 5.91 Å². The van der Waals surface area contributed by atoms with Gasteiger partial charge in [-0.2, -0.15) is 0 Å². The van der Waals surface area contributed by atoms with Gasteiger partial charge in [-0.25, -0.2) is 0 Å².